The average Bonchev–Trinajstić information content (AvgIpc) is 2.73. The highest BCUT2D eigenvalue weighted by Gasteiger charge is 2.54. The molecule has 4 nitrogen and oxygen atoms in total. The van der Waals surface area contributed by atoms with Gasteiger partial charge in [0.15, 0.2) is 5.11 Å². The monoisotopic (exact) mass is 405 g/mol. The van der Waals surface area contributed by atoms with E-state index in [-0.39, 0.29) is 5.41 Å². The molecular weight excluding hydrogens is 378 g/mol. The molecule has 3 saturated carbocycles. The van der Waals surface area contributed by atoms with Gasteiger partial charge in [-0.3, -0.25) is 5.43 Å². The van der Waals surface area contributed by atoms with E-state index in [1.165, 1.54) is 12.0 Å². The van der Waals surface area contributed by atoms with Crippen molar-refractivity contribution in [1.29, 1.82) is 0 Å². The van der Waals surface area contributed by atoms with Gasteiger partial charge in [0.05, 0.1) is 12.8 Å². The lowest BCUT2D eigenvalue weighted by molar-refractivity contribution is 0.0141. The Labute approximate surface area is 178 Å². The van der Waals surface area contributed by atoms with Gasteiger partial charge >= 0.3 is 0 Å². The molecule has 2 unspecified atom stereocenters. The summed E-state index contributed by atoms with van der Waals surface area (Å²) in [6.45, 7) is 4.71. The molecule has 2 N–H and O–H groups in total. The van der Waals surface area contributed by atoms with Crippen LogP contribution in [0.25, 0.3) is 6.08 Å². The second-order valence-electron chi connectivity index (χ2n) is 8.38. The van der Waals surface area contributed by atoms with E-state index in [0.717, 1.165) is 29.1 Å². The van der Waals surface area contributed by atoms with E-state index < -0.39 is 0 Å². The lowest BCUT2D eigenvalue weighted by atomic mass is 9.47. The summed E-state index contributed by atoms with van der Waals surface area (Å²) in [6.07, 6.45) is 4.50. The first-order valence-electron chi connectivity index (χ1n) is 10.0. The van der Waals surface area contributed by atoms with Gasteiger partial charge in [0.2, 0.25) is 0 Å². The molecule has 0 spiro atoms. The van der Waals surface area contributed by atoms with E-state index >= 15 is 0 Å². The van der Waals surface area contributed by atoms with Crippen molar-refractivity contribution >= 4 is 34.8 Å². The van der Waals surface area contributed by atoms with E-state index in [4.69, 9.17) is 22.1 Å². The Hall–Kier alpha value is -2.66. The Balaban J connectivity index is 1.55. The van der Waals surface area contributed by atoms with Crippen LogP contribution in [0.5, 0.6) is 5.75 Å². The van der Waals surface area contributed by atoms with Crippen LogP contribution in [0.1, 0.15) is 32.3 Å². The number of thiocarbonyl (C=S) groups is 1. The highest BCUT2D eigenvalue weighted by atomic mass is 32.1. The summed E-state index contributed by atoms with van der Waals surface area (Å²) in [6, 6.07) is 18.1. The van der Waals surface area contributed by atoms with Gasteiger partial charge in [0.25, 0.3) is 0 Å². The minimum Gasteiger partial charge on any atom is -0.497 e. The first-order chi connectivity index (χ1) is 14.0. The van der Waals surface area contributed by atoms with Gasteiger partial charge in [-0.2, -0.15) is 5.10 Å². The van der Waals surface area contributed by atoms with Crippen LogP contribution in [0.2, 0.25) is 0 Å². The standard InChI is InChI=1S/C24H27N3OS/c1-24(2)18-14-17(13-16-9-11-20(28-3)12-10-16)22(21(24)15-18)26-27-23(29)25-19-7-5-4-6-8-19/h4-13,18,21H,14-15H2,1-3H3,(H2,25,27,29)/b17-13+,26-22+. The summed E-state index contributed by atoms with van der Waals surface area (Å²) in [5, 5.41) is 8.47. The Morgan fingerprint density at radius 2 is 1.86 bits per heavy atom. The number of benzene rings is 2. The Morgan fingerprint density at radius 3 is 2.52 bits per heavy atom. The highest BCUT2D eigenvalue weighted by molar-refractivity contribution is 7.80. The first-order valence-corrected chi connectivity index (χ1v) is 10.4. The fourth-order valence-electron chi connectivity index (χ4n) is 4.40. The zero-order valence-electron chi connectivity index (χ0n) is 17.1. The summed E-state index contributed by atoms with van der Waals surface area (Å²) < 4.78 is 5.27. The summed E-state index contributed by atoms with van der Waals surface area (Å²) in [4.78, 5) is 0. The minimum absolute atomic E-state index is 0.284. The number of methoxy groups -OCH3 is 1. The van der Waals surface area contributed by atoms with E-state index in [1.54, 1.807) is 7.11 Å². The van der Waals surface area contributed by atoms with Crippen molar-refractivity contribution in [3.8, 4) is 5.75 Å². The number of nitrogens with zero attached hydrogens (tertiary/aromatic N) is 1. The minimum atomic E-state index is 0.284. The first kappa shape index (κ1) is 19.6. The van der Waals surface area contributed by atoms with Gasteiger partial charge in [-0.05, 0) is 77.9 Å². The SMILES string of the molecule is COc1ccc(/C=C2\CC3CC(\C2=N\NC(=S)Nc2ccccc2)C3(C)C)cc1. The van der Waals surface area contributed by atoms with Gasteiger partial charge in [-0.25, -0.2) is 0 Å². The van der Waals surface area contributed by atoms with E-state index in [2.05, 4.69) is 42.8 Å². The fourth-order valence-corrected chi connectivity index (χ4v) is 4.56. The second-order valence-corrected chi connectivity index (χ2v) is 8.79. The molecule has 5 rings (SSSR count). The molecular formula is C24H27N3OS. The summed E-state index contributed by atoms with van der Waals surface area (Å²) >= 11 is 5.45. The maximum absolute atomic E-state index is 5.45. The van der Waals surface area contributed by atoms with Crippen LogP contribution >= 0.6 is 12.2 Å². The molecule has 0 saturated heterocycles. The highest BCUT2D eigenvalue weighted by Crippen LogP contribution is 2.59. The molecule has 3 aliphatic carbocycles. The smallest absolute Gasteiger partial charge is 0.191 e. The number of ether oxygens (including phenoxy) is 1. The van der Waals surface area contributed by atoms with Crippen LogP contribution in [-0.2, 0) is 0 Å². The molecule has 2 aromatic carbocycles. The number of hydrogen-bond donors (Lipinski definition) is 2. The van der Waals surface area contributed by atoms with Crippen molar-refractivity contribution in [3.05, 3.63) is 65.7 Å². The van der Waals surface area contributed by atoms with Crippen molar-refractivity contribution in [1.82, 2.24) is 5.43 Å². The quantitative estimate of drug-likeness (QED) is 0.522. The van der Waals surface area contributed by atoms with Crippen molar-refractivity contribution in [2.75, 3.05) is 12.4 Å². The number of fused-ring (bicyclic) bond motifs is 2. The molecule has 3 aliphatic rings. The Morgan fingerprint density at radius 1 is 1.14 bits per heavy atom. The third-order valence-electron chi connectivity index (χ3n) is 6.36. The summed E-state index contributed by atoms with van der Waals surface area (Å²) in [5.74, 6) is 2.04. The van der Waals surface area contributed by atoms with Crippen LogP contribution in [0.15, 0.2) is 65.3 Å². The number of hydrazone groups is 1. The third-order valence-corrected chi connectivity index (χ3v) is 6.56. The molecule has 3 fully saturated rings. The molecule has 150 valence electrons. The van der Waals surface area contributed by atoms with Crippen molar-refractivity contribution in [2.24, 2.45) is 22.4 Å². The topological polar surface area (TPSA) is 45.6 Å². The normalized spacial score (nSPS) is 24.7. The van der Waals surface area contributed by atoms with E-state index in [1.807, 2.05) is 42.5 Å². The number of rotatable bonds is 4. The van der Waals surface area contributed by atoms with Crippen molar-refractivity contribution < 1.29 is 4.74 Å². The summed E-state index contributed by atoms with van der Waals surface area (Å²) in [5.41, 5.74) is 7.90. The number of para-hydroxylation sites is 1. The van der Waals surface area contributed by atoms with Crippen LogP contribution in [-0.4, -0.2) is 17.9 Å². The number of nitrogens with one attached hydrogen (secondary N) is 2. The molecule has 5 heteroatoms. The predicted molar refractivity (Wildman–Crippen MR) is 124 cm³/mol. The van der Waals surface area contributed by atoms with Crippen LogP contribution in [0, 0.1) is 17.3 Å². The maximum Gasteiger partial charge on any atom is 0.191 e. The zero-order chi connectivity index (χ0) is 20.4. The van der Waals surface area contributed by atoms with Gasteiger partial charge < -0.3 is 10.1 Å². The van der Waals surface area contributed by atoms with Crippen LogP contribution in [0.3, 0.4) is 0 Å². The van der Waals surface area contributed by atoms with Gasteiger partial charge in [0.1, 0.15) is 5.75 Å². The van der Waals surface area contributed by atoms with Crippen LogP contribution < -0.4 is 15.5 Å². The van der Waals surface area contributed by atoms with Gasteiger partial charge in [-0.1, -0.05) is 44.2 Å². The molecule has 29 heavy (non-hydrogen) atoms. The number of hydrogen-bond acceptors (Lipinski definition) is 3. The third kappa shape index (κ3) is 4.06. The lowest BCUT2D eigenvalue weighted by Gasteiger charge is -2.57. The predicted octanol–water partition coefficient (Wildman–Crippen LogP) is 5.49. The maximum atomic E-state index is 5.45. The number of allylic oxidation sites excluding steroid dienone is 1. The average molecular weight is 406 g/mol. The molecule has 0 aliphatic heterocycles. The molecule has 0 radical (unpaired) electrons. The summed E-state index contributed by atoms with van der Waals surface area (Å²) in [7, 11) is 1.69. The molecule has 2 atom stereocenters. The van der Waals surface area contributed by atoms with E-state index in [0.29, 0.717) is 16.9 Å². The molecule has 2 bridgehead atoms. The largest absolute Gasteiger partial charge is 0.497 e. The second kappa shape index (κ2) is 7.99. The van der Waals surface area contributed by atoms with E-state index in [9.17, 15) is 0 Å². The van der Waals surface area contributed by atoms with Crippen molar-refractivity contribution in [3.63, 3.8) is 0 Å². The van der Waals surface area contributed by atoms with Gasteiger partial charge in [-0.15, -0.1) is 0 Å². The zero-order valence-corrected chi connectivity index (χ0v) is 17.9. The Kier molecular flexibility index (Phi) is 5.41. The molecule has 0 amide bonds. The van der Waals surface area contributed by atoms with Gasteiger partial charge in [0, 0.05) is 11.6 Å². The Bertz CT molecular complexity index is 948. The fraction of sp³-hybridized carbons (Fsp3) is 0.333. The van der Waals surface area contributed by atoms with Crippen molar-refractivity contribution in [2.45, 2.75) is 26.7 Å². The lowest BCUT2D eigenvalue weighted by Crippen LogP contribution is -2.54. The molecule has 2 aromatic rings. The molecule has 0 aromatic heterocycles. The number of anilines is 1. The van der Waals surface area contributed by atoms with Crippen LogP contribution in [0.4, 0.5) is 5.69 Å². The molecule has 0 heterocycles.